The minimum Gasteiger partial charge on any atom is -0.368 e. The molecule has 1 aromatic rings. The van der Waals surface area contributed by atoms with Crippen LogP contribution in [0.15, 0.2) is 12.3 Å². The Bertz CT molecular complexity index is 425. The first-order valence-electron chi connectivity index (χ1n) is 5.32. The molecule has 0 bridgehead atoms. The molecule has 0 aliphatic rings. The lowest BCUT2D eigenvalue weighted by Gasteiger charge is -2.19. The zero-order valence-corrected chi connectivity index (χ0v) is 9.87. The molecule has 0 saturated heterocycles. The Balaban J connectivity index is 2.51. The molecule has 0 aliphatic carbocycles. The van der Waals surface area contributed by atoms with Crippen LogP contribution in [-0.2, 0) is 17.5 Å². The number of rotatable bonds is 5. The molecule has 0 aromatic carbocycles. The number of alkyl halides is 3. The van der Waals surface area contributed by atoms with E-state index in [9.17, 15) is 18.0 Å². The molecule has 0 saturated carbocycles. The topological polar surface area (TPSA) is 86.9 Å². The molecule has 1 heterocycles. The normalized spacial score (nSPS) is 15.4. The lowest BCUT2D eigenvalue weighted by Crippen LogP contribution is -2.49. The highest BCUT2D eigenvalue weighted by Crippen LogP contribution is 2.27. The molecule has 5 nitrogen and oxygen atoms in total. The summed E-state index contributed by atoms with van der Waals surface area (Å²) in [5.74, 6) is -0.640. The number of hydrogen-bond acceptors (Lipinski definition) is 3. The van der Waals surface area contributed by atoms with E-state index in [4.69, 9.17) is 11.5 Å². The summed E-state index contributed by atoms with van der Waals surface area (Å²) in [5, 5.41) is 3.38. The number of halogens is 3. The Morgan fingerprint density at radius 1 is 1.50 bits per heavy atom. The second kappa shape index (κ2) is 4.97. The summed E-state index contributed by atoms with van der Waals surface area (Å²) in [6.45, 7) is 1.73. The molecule has 0 aliphatic heterocycles. The minimum atomic E-state index is -4.44. The third kappa shape index (κ3) is 3.73. The van der Waals surface area contributed by atoms with Crippen LogP contribution in [0, 0.1) is 0 Å². The van der Waals surface area contributed by atoms with Crippen molar-refractivity contribution in [2.75, 3.05) is 0 Å². The first-order valence-corrected chi connectivity index (χ1v) is 5.32. The van der Waals surface area contributed by atoms with Crippen molar-refractivity contribution in [1.29, 1.82) is 0 Å². The SMILES string of the molecule is CC(N)(CCCn1ccc(C(F)(F)F)n1)C(N)=O. The van der Waals surface area contributed by atoms with Gasteiger partial charge in [0.25, 0.3) is 0 Å². The van der Waals surface area contributed by atoms with Gasteiger partial charge in [0.2, 0.25) is 5.91 Å². The molecular weight excluding hydrogens is 249 g/mol. The maximum absolute atomic E-state index is 12.3. The highest BCUT2D eigenvalue weighted by Gasteiger charge is 2.33. The molecule has 1 rings (SSSR count). The highest BCUT2D eigenvalue weighted by molar-refractivity contribution is 5.83. The number of carbonyl (C=O) groups excluding carboxylic acids is 1. The van der Waals surface area contributed by atoms with Crippen molar-refractivity contribution in [1.82, 2.24) is 9.78 Å². The molecule has 0 spiro atoms. The monoisotopic (exact) mass is 264 g/mol. The quantitative estimate of drug-likeness (QED) is 0.827. The summed E-state index contributed by atoms with van der Waals surface area (Å²) in [6, 6.07) is 0.899. The van der Waals surface area contributed by atoms with Crippen LogP contribution in [0.4, 0.5) is 13.2 Å². The molecule has 1 unspecified atom stereocenters. The van der Waals surface area contributed by atoms with Gasteiger partial charge in [0.15, 0.2) is 5.69 Å². The molecule has 1 atom stereocenters. The molecule has 1 amide bonds. The van der Waals surface area contributed by atoms with Gasteiger partial charge in [0, 0.05) is 12.7 Å². The summed E-state index contributed by atoms with van der Waals surface area (Å²) in [6.07, 6.45) is -2.51. The molecule has 0 fully saturated rings. The predicted molar refractivity (Wildman–Crippen MR) is 58.2 cm³/mol. The summed E-state index contributed by atoms with van der Waals surface area (Å²) in [5.41, 5.74) is 8.60. The van der Waals surface area contributed by atoms with Crippen LogP contribution < -0.4 is 11.5 Å². The van der Waals surface area contributed by atoms with Gasteiger partial charge in [-0.3, -0.25) is 9.48 Å². The van der Waals surface area contributed by atoms with E-state index in [2.05, 4.69) is 5.10 Å². The van der Waals surface area contributed by atoms with E-state index in [1.807, 2.05) is 0 Å². The number of amides is 1. The molecule has 102 valence electrons. The maximum Gasteiger partial charge on any atom is 0.435 e. The van der Waals surface area contributed by atoms with E-state index in [1.165, 1.54) is 17.8 Å². The number of primary amides is 1. The van der Waals surface area contributed by atoms with Crippen molar-refractivity contribution in [2.24, 2.45) is 11.5 Å². The lowest BCUT2D eigenvalue weighted by molar-refractivity contribution is -0.141. The first-order chi connectivity index (χ1) is 8.13. The van der Waals surface area contributed by atoms with Crippen LogP contribution in [0.2, 0.25) is 0 Å². The number of nitrogens with two attached hydrogens (primary N) is 2. The van der Waals surface area contributed by atoms with Crippen molar-refractivity contribution >= 4 is 5.91 Å². The van der Waals surface area contributed by atoms with Crippen LogP contribution in [0.3, 0.4) is 0 Å². The van der Waals surface area contributed by atoms with Crippen molar-refractivity contribution in [3.8, 4) is 0 Å². The van der Waals surface area contributed by atoms with Crippen LogP contribution in [0.5, 0.6) is 0 Å². The fourth-order valence-corrected chi connectivity index (χ4v) is 1.37. The van der Waals surface area contributed by atoms with E-state index < -0.39 is 23.3 Å². The van der Waals surface area contributed by atoms with Crippen LogP contribution in [0.1, 0.15) is 25.5 Å². The largest absolute Gasteiger partial charge is 0.435 e. The number of hydrogen-bond donors (Lipinski definition) is 2. The average Bonchev–Trinajstić information content (AvgIpc) is 2.65. The summed E-state index contributed by atoms with van der Waals surface area (Å²) >= 11 is 0. The van der Waals surface area contributed by atoms with Crippen LogP contribution >= 0.6 is 0 Å². The van der Waals surface area contributed by atoms with E-state index in [0.29, 0.717) is 6.42 Å². The fourth-order valence-electron chi connectivity index (χ4n) is 1.37. The Morgan fingerprint density at radius 3 is 2.56 bits per heavy atom. The van der Waals surface area contributed by atoms with Gasteiger partial charge in [0.1, 0.15) is 0 Å². The second-order valence-corrected chi connectivity index (χ2v) is 4.35. The molecule has 0 radical (unpaired) electrons. The second-order valence-electron chi connectivity index (χ2n) is 4.35. The molecule has 1 aromatic heterocycles. The Hall–Kier alpha value is -1.57. The highest BCUT2D eigenvalue weighted by atomic mass is 19.4. The molecule has 18 heavy (non-hydrogen) atoms. The van der Waals surface area contributed by atoms with Crippen molar-refractivity contribution in [3.05, 3.63) is 18.0 Å². The zero-order chi connectivity index (χ0) is 14.0. The Labute approximate surface area is 102 Å². The summed E-state index contributed by atoms with van der Waals surface area (Å²) < 4.78 is 38.0. The van der Waals surface area contributed by atoms with Gasteiger partial charge in [-0.1, -0.05) is 0 Å². The summed E-state index contributed by atoms with van der Waals surface area (Å²) in [4.78, 5) is 10.9. The van der Waals surface area contributed by atoms with Crippen molar-refractivity contribution in [3.63, 3.8) is 0 Å². The molecule has 8 heteroatoms. The maximum atomic E-state index is 12.3. The third-order valence-electron chi connectivity index (χ3n) is 2.58. The summed E-state index contributed by atoms with van der Waals surface area (Å²) in [7, 11) is 0. The Kier molecular flexibility index (Phi) is 4.00. The first kappa shape index (κ1) is 14.5. The van der Waals surface area contributed by atoms with E-state index >= 15 is 0 Å². The number of carbonyl (C=O) groups is 1. The van der Waals surface area contributed by atoms with Crippen LogP contribution in [-0.4, -0.2) is 21.2 Å². The van der Waals surface area contributed by atoms with Gasteiger partial charge >= 0.3 is 6.18 Å². The zero-order valence-electron chi connectivity index (χ0n) is 9.87. The number of aromatic nitrogens is 2. The van der Waals surface area contributed by atoms with Crippen molar-refractivity contribution < 1.29 is 18.0 Å². The Morgan fingerprint density at radius 2 is 2.11 bits per heavy atom. The van der Waals surface area contributed by atoms with E-state index in [0.717, 1.165) is 6.07 Å². The molecule has 4 N–H and O–H groups in total. The van der Waals surface area contributed by atoms with Gasteiger partial charge in [0.05, 0.1) is 5.54 Å². The number of aryl methyl sites for hydroxylation is 1. The average molecular weight is 264 g/mol. The van der Waals surface area contributed by atoms with Gasteiger partial charge in [-0.2, -0.15) is 18.3 Å². The standard InChI is InChI=1S/C10H15F3N4O/c1-9(15,8(14)18)4-2-5-17-6-3-7(16-17)10(11,12)13/h3,6H,2,4-5,15H2,1H3,(H2,14,18). The van der Waals surface area contributed by atoms with Gasteiger partial charge in [-0.25, -0.2) is 0 Å². The smallest absolute Gasteiger partial charge is 0.368 e. The minimum absolute atomic E-state index is 0.246. The van der Waals surface area contributed by atoms with E-state index in [1.54, 1.807) is 0 Å². The van der Waals surface area contributed by atoms with E-state index in [-0.39, 0.29) is 13.0 Å². The number of nitrogens with zero attached hydrogens (tertiary/aromatic N) is 2. The fraction of sp³-hybridized carbons (Fsp3) is 0.600. The van der Waals surface area contributed by atoms with Crippen LogP contribution in [0.25, 0.3) is 0 Å². The van der Waals surface area contributed by atoms with Crippen molar-refractivity contribution in [2.45, 2.75) is 38.0 Å². The van der Waals surface area contributed by atoms with Gasteiger partial charge in [-0.15, -0.1) is 0 Å². The predicted octanol–water partition coefficient (Wildman–Crippen LogP) is 0.885. The van der Waals surface area contributed by atoms with Gasteiger partial charge < -0.3 is 11.5 Å². The lowest BCUT2D eigenvalue weighted by atomic mass is 9.96. The van der Waals surface area contributed by atoms with Gasteiger partial charge in [-0.05, 0) is 25.8 Å². The molecular formula is C10H15F3N4O. The third-order valence-corrected chi connectivity index (χ3v) is 2.58.